The minimum absolute atomic E-state index is 0.134. The van der Waals surface area contributed by atoms with Crippen molar-refractivity contribution in [2.75, 3.05) is 13.2 Å². The Morgan fingerprint density at radius 3 is 2.94 bits per heavy atom. The summed E-state index contributed by atoms with van der Waals surface area (Å²) in [5.41, 5.74) is 1.30. The van der Waals surface area contributed by atoms with Gasteiger partial charge in [-0.25, -0.2) is 0 Å². The molecule has 1 unspecified atom stereocenters. The first kappa shape index (κ1) is 14.2. The first-order chi connectivity index (χ1) is 8.26. The highest BCUT2D eigenvalue weighted by molar-refractivity contribution is 5.78. The summed E-state index contributed by atoms with van der Waals surface area (Å²) < 4.78 is 0. The number of nitrogens with one attached hydrogen (secondary N) is 1. The number of aliphatic hydroxyl groups excluding tert-OH is 1. The van der Waals surface area contributed by atoms with Gasteiger partial charge in [0.2, 0.25) is 5.91 Å². The van der Waals surface area contributed by atoms with Crippen LogP contribution in [0.2, 0.25) is 0 Å². The summed E-state index contributed by atoms with van der Waals surface area (Å²) in [7, 11) is 0. The third-order valence-electron chi connectivity index (χ3n) is 3.48. The summed E-state index contributed by atoms with van der Waals surface area (Å²) in [5, 5.41) is 11.8. The van der Waals surface area contributed by atoms with E-state index in [2.05, 4.69) is 18.3 Å². The summed E-state index contributed by atoms with van der Waals surface area (Å²) in [6, 6.07) is 0. The van der Waals surface area contributed by atoms with E-state index < -0.39 is 0 Å². The van der Waals surface area contributed by atoms with E-state index in [0.717, 1.165) is 25.7 Å². The molecule has 0 aromatic carbocycles. The van der Waals surface area contributed by atoms with Gasteiger partial charge in [-0.1, -0.05) is 25.0 Å². The summed E-state index contributed by atoms with van der Waals surface area (Å²) in [5.74, 6) is 0.541. The van der Waals surface area contributed by atoms with Gasteiger partial charge in [-0.3, -0.25) is 4.79 Å². The van der Waals surface area contributed by atoms with E-state index in [0.29, 0.717) is 18.9 Å². The van der Waals surface area contributed by atoms with Crippen molar-refractivity contribution in [2.45, 2.75) is 51.9 Å². The summed E-state index contributed by atoms with van der Waals surface area (Å²) in [6.07, 6.45) is 9.26. The zero-order valence-electron chi connectivity index (χ0n) is 10.9. The van der Waals surface area contributed by atoms with E-state index in [9.17, 15) is 4.79 Å². The average molecular weight is 239 g/mol. The number of allylic oxidation sites excluding steroid dienone is 1. The molecule has 1 atom stereocenters. The van der Waals surface area contributed by atoms with E-state index >= 15 is 0 Å². The van der Waals surface area contributed by atoms with Crippen molar-refractivity contribution in [3.8, 4) is 0 Å². The fourth-order valence-corrected chi connectivity index (χ4v) is 2.23. The maximum absolute atomic E-state index is 11.7. The first-order valence-electron chi connectivity index (χ1n) is 6.81. The highest BCUT2D eigenvalue weighted by Gasteiger charge is 2.11. The normalized spacial score (nSPS) is 17.4. The van der Waals surface area contributed by atoms with E-state index in [-0.39, 0.29) is 12.5 Å². The molecule has 3 heteroatoms. The van der Waals surface area contributed by atoms with Gasteiger partial charge in [-0.2, -0.15) is 0 Å². The number of rotatable bonds is 7. The van der Waals surface area contributed by atoms with E-state index in [1.807, 2.05) is 0 Å². The first-order valence-corrected chi connectivity index (χ1v) is 6.81. The number of carbonyl (C=O) groups is 1. The Morgan fingerprint density at radius 2 is 2.35 bits per heavy atom. The zero-order valence-corrected chi connectivity index (χ0v) is 10.9. The molecule has 0 aromatic rings. The SMILES string of the molecule is CCC(CCO)CNC(=O)CC1=CCCCC1. The summed E-state index contributed by atoms with van der Waals surface area (Å²) >= 11 is 0. The molecule has 0 heterocycles. The van der Waals surface area contributed by atoms with Crippen LogP contribution >= 0.6 is 0 Å². The summed E-state index contributed by atoms with van der Waals surface area (Å²) in [4.78, 5) is 11.7. The molecule has 1 amide bonds. The fraction of sp³-hybridized carbons (Fsp3) is 0.786. The van der Waals surface area contributed by atoms with Crippen molar-refractivity contribution in [2.24, 2.45) is 5.92 Å². The lowest BCUT2D eigenvalue weighted by Gasteiger charge is -2.16. The molecule has 0 saturated heterocycles. The standard InChI is InChI=1S/C14H25NO2/c1-2-12(8-9-16)11-15-14(17)10-13-6-4-3-5-7-13/h6,12,16H,2-5,7-11H2,1H3,(H,15,17). The predicted octanol–water partition coefficient (Wildman–Crippen LogP) is 2.40. The summed E-state index contributed by atoms with van der Waals surface area (Å²) in [6.45, 7) is 3.00. The van der Waals surface area contributed by atoms with Crippen LogP contribution in [0.4, 0.5) is 0 Å². The van der Waals surface area contributed by atoms with Crippen molar-refractivity contribution in [1.29, 1.82) is 0 Å². The highest BCUT2D eigenvalue weighted by Crippen LogP contribution is 2.19. The van der Waals surface area contributed by atoms with Crippen molar-refractivity contribution >= 4 is 5.91 Å². The Kier molecular flexibility index (Phi) is 6.94. The number of carbonyl (C=O) groups excluding carboxylic acids is 1. The second-order valence-corrected chi connectivity index (χ2v) is 4.88. The lowest BCUT2D eigenvalue weighted by molar-refractivity contribution is -0.120. The van der Waals surface area contributed by atoms with Crippen LogP contribution in [-0.4, -0.2) is 24.2 Å². The van der Waals surface area contributed by atoms with Gasteiger partial charge >= 0.3 is 0 Å². The minimum Gasteiger partial charge on any atom is -0.396 e. The molecule has 0 aliphatic heterocycles. The molecule has 98 valence electrons. The van der Waals surface area contributed by atoms with Crippen molar-refractivity contribution in [3.63, 3.8) is 0 Å². The minimum atomic E-state index is 0.134. The van der Waals surface area contributed by atoms with Crippen LogP contribution in [0, 0.1) is 5.92 Å². The van der Waals surface area contributed by atoms with Crippen LogP contribution in [0.1, 0.15) is 51.9 Å². The number of aliphatic hydroxyl groups is 1. The Balaban J connectivity index is 2.22. The molecule has 0 spiro atoms. The topological polar surface area (TPSA) is 49.3 Å². The molecule has 0 saturated carbocycles. The Labute approximate surface area is 104 Å². The van der Waals surface area contributed by atoms with Gasteiger partial charge in [0.1, 0.15) is 0 Å². The van der Waals surface area contributed by atoms with E-state index in [4.69, 9.17) is 5.11 Å². The van der Waals surface area contributed by atoms with Gasteiger partial charge in [0.15, 0.2) is 0 Å². The molecule has 0 radical (unpaired) electrons. The number of amides is 1. The van der Waals surface area contributed by atoms with Crippen molar-refractivity contribution in [1.82, 2.24) is 5.32 Å². The lowest BCUT2D eigenvalue weighted by Crippen LogP contribution is -2.29. The lowest BCUT2D eigenvalue weighted by atomic mass is 9.97. The van der Waals surface area contributed by atoms with Crippen LogP contribution in [-0.2, 0) is 4.79 Å². The molecule has 0 fully saturated rings. The predicted molar refractivity (Wildman–Crippen MR) is 69.7 cm³/mol. The van der Waals surface area contributed by atoms with Gasteiger partial charge in [-0.15, -0.1) is 0 Å². The molecule has 1 rings (SSSR count). The Hall–Kier alpha value is -0.830. The van der Waals surface area contributed by atoms with Crippen LogP contribution < -0.4 is 5.32 Å². The average Bonchev–Trinajstić information content (AvgIpc) is 2.35. The molecule has 0 bridgehead atoms. The molecule has 3 nitrogen and oxygen atoms in total. The number of hydrogen-bond donors (Lipinski definition) is 2. The monoisotopic (exact) mass is 239 g/mol. The van der Waals surface area contributed by atoms with Crippen LogP contribution in [0.15, 0.2) is 11.6 Å². The molecular weight excluding hydrogens is 214 g/mol. The van der Waals surface area contributed by atoms with Crippen LogP contribution in [0.3, 0.4) is 0 Å². The van der Waals surface area contributed by atoms with Gasteiger partial charge in [0.05, 0.1) is 0 Å². The van der Waals surface area contributed by atoms with Gasteiger partial charge < -0.3 is 10.4 Å². The largest absolute Gasteiger partial charge is 0.396 e. The zero-order chi connectivity index (χ0) is 12.5. The van der Waals surface area contributed by atoms with E-state index in [1.165, 1.54) is 18.4 Å². The Morgan fingerprint density at radius 1 is 1.53 bits per heavy atom. The maximum atomic E-state index is 11.7. The van der Waals surface area contributed by atoms with Gasteiger partial charge in [0.25, 0.3) is 0 Å². The Bertz CT molecular complexity index is 261. The molecule has 2 N–H and O–H groups in total. The van der Waals surface area contributed by atoms with Crippen LogP contribution in [0.5, 0.6) is 0 Å². The molecule has 0 aromatic heterocycles. The highest BCUT2D eigenvalue weighted by atomic mass is 16.3. The van der Waals surface area contributed by atoms with E-state index in [1.54, 1.807) is 0 Å². The van der Waals surface area contributed by atoms with Crippen molar-refractivity contribution < 1.29 is 9.90 Å². The maximum Gasteiger partial charge on any atom is 0.224 e. The number of hydrogen-bond acceptors (Lipinski definition) is 2. The second kappa shape index (κ2) is 8.29. The second-order valence-electron chi connectivity index (χ2n) is 4.88. The van der Waals surface area contributed by atoms with Crippen molar-refractivity contribution in [3.05, 3.63) is 11.6 Å². The quantitative estimate of drug-likeness (QED) is 0.670. The van der Waals surface area contributed by atoms with Crippen LogP contribution in [0.25, 0.3) is 0 Å². The van der Waals surface area contributed by atoms with Gasteiger partial charge in [0, 0.05) is 19.6 Å². The third kappa shape index (κ3) is 5.87. The molecule has 17 heavy (non-hydrogen) atoms. The van der Waals surface area contributed by atoms with Gasteiger partial charge in [-0.05, 0) is 38.0 Å². The fourth-order valence-electron chi connectivity index (χ4n) is 2.23. The molecule has 1 aliphatic carbocycles. The molecule has 1 aliphatic rings. The smallest absolute Gasteiger partial charge is 0.224 e. The third-order valence-corrected chi connectivity index (χ3v) is 3.48. The molecular formula is C14H25NO2.